The number of aliphatic carboxylic acids is 1. The Labute approximate surface area is 204 Å². The number of carbonyl (C=O) groups is 1. The molecule has 7 atom stereocenters. The molecule has 1 aromatic rings. The molecule has 34 heavy (non-hydrogen) atoms. The first-order valence-corrected chi connectivity index (χ1v) is 13.1. The fraction of sp³-hybridized carbons (Fsp3) is 0.621. The highest BCUT2D eigenvalue weighted by Gasteiger charge is 2.47. The van der Waals surface area contributed by atoms with E-state index in [0.717, 1.165) is 51.6 Å². The standard InChI is InChI=1S/C29H40O5/c1-21(22-11-5-4-6-12-22)25(34-29-15-9-10-20-32-29)17-16-24-23(26-18-19-27(24)33-26)13-7-2-3-8-14-28(30)31/h2,4-7,11-12,16-17,21,23-27,29H,3,8-10,13-15,18-20H2,1H3,(H,30,31)/t21?,23-,24+,25?,26-,27+,29?/m0/s1. The van der Waals surface area contributed by atoms with Crippen molar-refractivity contribution in [2.45, 2.75) is 95.2 Å². The summed E-state index contributed by atoms with van der Waals surface area (Å²) >= 11 is 0. The molecule has 0 aliphatic carbocycles. The Bertz CT molecular complexity index is 813. The second kappa shape index (κ2) is 12.7. The van der Waals surface area contributed by atoms with Gasteiger partial charge in [-0.2, -0.15) is 0 Å². The molecule has 186 valence electrons. The van der Waals surface area contributed by atoms with Crippen LogP contribution in [0.1, 0.15) is 76.2 Å². The van der Waals surface area contributed by atoms with Crippen molar-refractivity contribution >= 4 is 5.97 Å². The summed E-state index contributed by atoms with van der Waals surface area (Å²) in [5.74, 6) is 0.378. The zero-order valence-corrected chi connectivity index (χ0v) is 20.4. The molecule has 3 heterocycles. The number of hydrogen-bond donors (Lipinski definition) is 1. The lowest BCUT2D eigenvalue weighted by Gasteiger charge is -2.30. The fourth-order valence-electron chi connectivity index (χ4n) is 5.64. The number of hydrogen-bond acceptors (Lipinski definition) is 4. The van der Waals surface area contributed by atoms with Crippen LogP contribution in [-0.2, 0) is 19.0 Å². The van der Waals surface area contributed by atoms with Crippen LogP contribution >= 0.6 is 0 Å². The van der Waals surface area contributed by atoms with Crippen molar-refractivity contribution in [3.8, 4) is 0 Å². The topological polar surface area (TPSA) is 65.0 Å². The van der Waals surface area contributed by atoms with E-state index < -0.39 is 5.97 Å². The summed E-state index contributed by atoms with van der Waals surface area (Å²) in [4.78, 5) is 10.7. The Balaban J connectivity index is 1.41. The summed E-state index contributed by atoms with van der Waals surface area (Å²) in [6.45, 7) is 3.02. The maximum Gasteiger partial charge on any atom is 0.303 e. The maximum absolute atomic E-state index is 10.7. The van der Waals surface area contributed by atoms with Crippen molar-refractivity contribution in [2.24, 2.45) is 11.8 Å². The predicted molar refractivity (Wildman–Crippen MR) is 133 cm³/mol. The van der Waals surface area contributed by atoms with Crippen LogP contribution in [0.25, 0.3) is 0 Å². The first-order chi connectivity index (χ1) is 16.6. The molecule has 5 nitrogen and oxygen atoms in total. The van der Waals surface area contributed by atoms with Crippen LogP contribution in [0.5, 0.6) is 0 Å². The van der Waals surface area contributed by atoms with Gasteiger partial charge in [-0.1, -0.05) is 61.6 Å². The van der Waals surface area contributed by atoms with Gasteiger partial charge in [0.1, 0.15) is 0 Å². The molecule has 0 radical (unpaired) electrons. The quantitative estimate of drug-likeness (QED) is 0.290. The lowest BCUT2D eigenvalue weighted by Crippen LogP contribution is -2.30. The van der Waals surface area contributed by atoms with Gasteiger partial charge in [0, 0.05) is 24.9 Å². The predicted octanol–water partition coefficient (Wildman–Crippen LogP) is 6.25. The molecule has 1 aromatic carbocycles. The van der Waals surface area contributed by atoms with Gasteiger partial charge >= 0.3 is 5.97 Å². The second-order valence-corrected chi connectivity index (χ2v) is 10.0. The maximum atomic E-state index is 10.7. The summed E-state index contributed by atoms with van der Waals surface area (Å²) in [6, 6.07) is 10.6. The van der Waals surface area contributed by atoms with E-state index in [2.05, 4.69) is 61.6 Å². The minimum Gasteiger partial charge on any atom is -0.481 e. The zero-order chi connectivity index (χ0) is 23.8. The van der Waals surface area contributed by atoms with Gasteiger partial charge in [-0.05, 0) is 62.8 Å². The molecule has 4 rings (SSSR count). The average molecular weight is 469 g/mol. The summed E-state index contributed by atoms with van der Waals surface area (Å²) < 4.78 is 18.7. The highest BCUT2D eigenvalue weighted by atomic mass is 16.7. The Kier molecular flexibility index (Phi) is 9.37. The third-order valence-electron chi connectivity index (χ3n) is 7.61. The second-order valence-electron chi connectivity index (χ2n) is 10.0. The minimum absolute atomic E-state index is 0.0446. The summed E-state index contributed by atoms with van der Waals surface area (Å²) in [5.41, 5.74) is 1.28. The molecule has 0 aromatic heterocycles. The number of unbranched alkanes of at least 4 members (excludes halogenated alkanes) is 1. The van der Waals surface area contributed by atoms with Gasteiger partial charge in [0.05, 0.1) is 18.3 Å². The molecule has 0 saturated carbocycles. The summed E-state index contributed by atoms with van der Waals surface area (Å²) in [7, 11) is 0. The monoisotopic (exact) mass is 468 g/mol. The molecular formula is C29H40O5. The van der Waals surface area contributed by atoms with Gasteiger partial charge in [0.2, 0.25) is 0 Å². The molecule has 1 N–H and O–H groups in total. The molecule has 3 fully saturated rings. The Morgan fingerprint density at radius 1 is 1.15 bits per heavy atom. The van der Waals surface area contributed by atoms with Gasteiger partial charge < -0.3 is 19.3 Å². The number of ether oxygens (including phenoxy) is 3. The SMILES string of the molecule is CC(c1ccccc1)C(C=C[C@@H]1[C@H](CC=CCCCC(=O)O)[C@@H]2CC[C@H]1O2)OC1CCCCO1. The zero-order valence-electron chi connectivity index (χ0n) is 20.4. The number of benzene rings is 1. The van der Waals surface area contributed by atoms with E-state index in [0.29, 0.717) is 30.5 Å². The van der Waals surface area contributed by atoms with Gasteiger partial charge in [0.25, 0.3) is 0 Å². The van der Waals surface area contributed by atoms with Crippen molar-refractivity contribution in [3.05, 3.63) is 60.2 Å². The van der Waals surface area contributed by atoms with Crippen LogP contribution in [0, 0.1) is 11.8 Å². The first kappa shape index (κ1) is 25.2. The van der Waals surface area contributed by atoms with E-state index in [1.807, 2.05) is 0 Å². The van der Waals surface area contributed by atoms with E-state index in [1.54, 1.807) is 0 Å². The van der Waals surface area contributed by atoms with Gasteiger partial charge in [0.15, 0.2) is 6.29 Å². The van der Waals surface area contributed by atoms with E-state index in [-0.39, 0.29) is 24.7 Å². The van der Waals surface area contributed by atoms with E-state index >= 15 is 0 Å². The van der Waals surface area contributed by atoms with Crippen molar-refractivity contribution < 1.29 is 24.1 Å². The van der Waals surface area contributed by atoms with Crippen LogP contribution in [0.15, 0.2) is 54.6 Å². The first-order valence-electron chi connectivity index (χ1n) is 13.1. The van der Waals surface area contributed by atoms with Gasteiger partial charge in [-0.3, -0.25) is 4.79 Å². The van der Waals surface area contributed by atoms with Gasteiger partial charge in [-0.25, -0.2) is 0 Å². The van der Waals surface area contributed by atoms with Crippen molar-refractivity contribution in [1.29, 1.82) is 0 Å². The number of fused-ring (bicyclic) bond motifs is 2. The fourth-order valence-corrected chi connectivity index (χ4v) is 5.64. The summed E-state index contributed by atoms with van der Waals surface area (Å²) in [5, 5.41) is 8.80. The third-order valence-corrected chi connectivity index (χ3v) is 7.61. The van der Waals surface area contributed by atoms with Crippen LogP contribution in [0.3, 0.4) is 0 Å². The van der Waals surface area contributed by atoms with E-state index in [1.165, 1.54) is 5.56 Å². The molecule has 0 spiro atoms. The largest absolute Gasteiger partial charge is 0.481 e. The molecule has 2 bridgehead atoms. The van der Waals surface area contributed by atoms with Crippen LogP contribution < -0.4 is 0 Å². The van der Waals surface area contributed by atoms with E-state index in [9.17, 15) is 4.79 Å². The number of allylic oxidation sites excluding steroid dienone is 2. The molecule has 3 saturated heterocycles. The highest BCUT2D eigenvalue weighted by Crippen LogP contribution is 2.46. The number of carboxylic acids is 1. The molecular weight excluding hydrogens is 428 g/mol. The number of rotatable bonds is 12. The van der Waals surface area contributed by atoms with Gasteiger partial charge in [-0.15, -0.1) is 0 Å². The molecule has 0 amide bonds. The lowest BCUT2D eigenvalue weighted by molar-refractivity contribution is -0.181. The van der Waals surface area contributed by atoms with Crippen molar-refractivity contribution in [3.63, 3.8) is 0 Å². The molecule has 3 aliphatic heterocycles. The minimum atomic E-state index is -0.722. The third kappa shape index (κ3) is 6.80. The van der Waals surface area contributed by atoms with Crippen LogP contribution in [0.4, 0.5) is 0 Å². The molecule has 3 aliphatic rings. The Hall–Kier alpha value is -1.95. The average Bonchev–Trinajstić information content (AvgIpc) is 3.46. The van der Waals surface area contributed by atoms with Crippen LogP contribution in [-0.4, -0.2) is 42.3 Å². The van der Waals surface area contributed by atoms with Crippen molar-refractivity contribution in [2.75, 3.05) is 6.61 Å². The number of carboxylic acid groups (broad SMARTS) is 1. The molecule has 3 unspecified atom stereocenters. The Morgan fingerprint density at radius 3 is 2.74 bits per heavy atom. The van der Waals surface area contributed by atoms with Crippen LogP contribution in [0.2, 0.25) is 0 Å². The van der Waals surface area contributed by atoms with Crippen molar-refractivity contribution in [1.82, 2.24) is 0 Å². The highest BCUT2D eigenvalue weighted by molar-refractivity contribution is 5.66. The normalized spacial score (nSPS) is 30.8. The Morgan fingerprint density at radius 2 is 1.97 bits per heavy atom. The smallest absolute Gasteiger partial charge is 0.303 e. The lowest BCUT2D eigenvalue weighted by atomic mass is 9.77. The summed E-state index contributed by atoms with van der Waals surface area (Å²) in [6.07, 6.45) is 17.7. The molecule has 5 heteroatoms. The van der Waals surface area contributed by atoms with E-state index in [4.69, 9.17) is 19.3 Å².